The molecule has 1 aromatic rings. The van der Waals surface area contributed by atoms with Crippen LogP contribution in [0.15, 0.2) is 16.4 Å². The van der Waals surface area contributed by atoms with Gasteiger partial charge in [0, 0.05) is 11.7 Å². The van der Waals surface area contributed by atoms with E-state index in [4.69, 9.17) is 22.2 Å². The fraction of sp³-hybridized carbons (Fsp3) is 0.474. The van der Waals surface area contributed by atoms with Gasteiger partial charge in [-0.1, -0.05) is 48.9 Å². The van der Waals surface area contributed by atoms with Gasteiger partial charge in [0.1, 0.15) is 27.1 Å². The Morgan fingerprint density at radius 2 is 2.06 bits per heavy atom. The summed E-state index contributed by atoms with van der Waals surface area (Å²) in [5.74, 6) is -4.08. The Bertz CT molecular complexity index is 1100. The molecule has 12 nitrogen and oxygen atoms in total. The van der Waals surface area contributed by atoms with Crippen LogP contribution in [0, 0.1) is 5.92 Å². The van der Waals surface area contributed by atoms with Gasteiger partial charge in [0.05, 0.1) is 0 Å². The molecule has 0 aromatic carbocycles. The van der Waals surface area contributed by atoms with E-state index in [0.717, 1.165) is 16.2 Å². The maximum absolute atomic E-state index is 13.1. The molecule has 0 radical (unpaired) electrons. The first-order valence-electron chi connectivity index (χ1n) is 10.1. The molecular formula is C19H22ClN5O7S2. The predicted molar refractivity (Wildman–Crippen MR) is 125 cm³/mol. The fourth-order valence-electron chi connectivity index (χ4n) is 3.38. The van der Waals surface area contributed by atoms with E-state index in [0.29, 0.717) is 17.7 Å². The number of β-lactam (4-membered cyclic amide) rings is 1. The van der Waals surface area contributed by atoms with Crippen molar-refractivity contribution in [1.82, 2.24) is 15.2 Å². The van der Waals surface area contributed by atoms with Crippen molar-refractivity contribution in [1.29, 1.82) is 0 Å². The molecule has 184 valence electrons. The second-order valence-electron chi connectivity index (χ2n) is 7.69. The maximum atomic E-state index is 13.1. The Morgan fingerprint density at radius 1 is 1.38 bits per heavy atom. The smallest absolute Gasteiger partial charge is 0.352 e. The van der Waals surface area contributed by atoms with Crippen LogP contribution in [0.3, 0.4) is 0 Å². The third kappa shape index (κ3) is 4.83. The molecular weight excluding hydrogens is 510 g/mol. The van der Waals surface area contributed by atoms with Crippen molar-refractivity contribution < 1.29 is 34.2 Å². The number of carboxylic acid groups (broad SMARTS) is 2. The van der Waals surface area contributed by atoms with Crippen LogP contribution >= 0.6 is 34.7 Å². The zero-order valence-electron chi connectivity index (χ0n) is 18.3. The van der Waals surface area contributed by atoms with Crippen LogP contribution in [0.4, 0.5) is 5.13 Å². The molecule has 0 bridgehead atoms. The van der Waals surface area contributed by atoms with Gasteiger partial charge in [-0.2, -0.15) is 0 Å². The monoisotopic (exact) mass is 531 g/mol. The third-order valence-electron chi connectivity index (χ3n) is 5.11. The number of thioether (sulfide) groups is 1. The average Bonchev–Trinajstić information content (AvgIpc) is 3.10. The molecule has 1 fully saturated rings. The number of amides is 2. The molecule has 3 rings (SSSR count). The number of rotatable bonds is 9. The second kappa shape index (κ2) is 10.2. The Kier molecular flexibility index (Phi) is 7.73. The van der Waals surface area contributed by atoms with Crippen LogP contribution in [0.1, 0.15) is 32.9 Å². The summed E-state index contributed by atoms with van der Waals surface area (Å²) in [6, 6.07) is -1.04. The molecule has 3 atom stereocenters. The molecule has 2 aliphatic heterocycles. The number of halogens is 1. The number of aliphatic carboxylic acids is 2. The fourth-order valence-corrected chi connectivity index (χ4v) is 5.76. The normalized spacial score (nSPS) is 21.1. The van der Waals surface area contributed by atoms with Crippen molar-refractivity contribution in [2.45, 2.75) is 44.7 Å². The second-order valence-corrected chi connectivity index (χ2v) is 10.4. The first-order chi connectivity index (χ1) is 16.0. The van der Waals surface area contributed by atoms with E-state index < -0.39 is 52.9 Å². The number of fused-ring (bicyclic) bond motifs is 1. The van der Waals surface area contributed by atoms with E-state index in [1.54, 1.807) is 20.8 Å². The largest absolute Gasteiger partial charge is 0.478 e. The lowest BCUT2D eigenvalue weighted by atomic mass is 10.0. The van der Waals surface area contributed by atoms with Gasteiger partial charge in [-0.3, -0.25) is 14.5 Å². The number of anilines is 1. The summed E-state index contributed by atoms with van der Waals surface area (Å²) in [6.45, 7) is 5.00. The lowest BCUT2D eigenvalue weighted by molar-refractivity contribution is -0.153. The number of carbonyl (C=O) groups excluding carboxylic acids is 2. The zero-order chi connectivity index (χ0) is 25.3. The number of nitrogens with zero attached hydrogens (tertiary/aromatic N) is 3. The van der Waals surface area contributed by atoms with Crippen LogP contribution in [0.2, 0.25) is 4.34 Å². The van der Waals surface area contributed by atoms with E-state index in [-0.39, 0.29) is 20.9 Å². The number of aromatic nitrogens is 1. The van der Waals surface area contributed by atoms with Crippen LogP contribution in [0.25, 0.3) is 0 Å². The number of thiazole rings is 1. The predicted octanol–water partition coefficient (Wildman–Crippen LogP) is 1.36. The summed E-state index contributed by atoms with van der Waals surface area (Å²) in [6.07, 6.45) is -0.885. The molecule has 2 aliphatic rings. The van der Waals surface area contributed by atoms with Crippen LogP contribution in [-0.2, 0) is 24.0 Å². The molecule has 34 heavy (non-hydrogen) atoms. The summed E-state index contributed by atoms with van der Waals surface area (Å²) in [7, 11) is 0. The van der Waals surface area contributed by atoms with Crippen molar-refractivity contribution >= 4 is 69.3 Å². The number of hydrogen-bond acceptors (Lipinski definition) is 10. The molecule has 3 heterocycles. The van der Waals surface area contributed by atoms with Crippen LogP contribution in [-0.4, -0.2) is 72.8 Å². The number of hydrogen-bond donors (Lipinski definition) is 4. The number of nitrogens with one attached hydrogen (secondary N) is 1. The van der Waals surface area contributed by atoms with Gasteiger partial charge in [0.2, 0.25) is 6.10 Å². The summed E-state index contributed by atoms with van der Waals surface area (Å²) in [5.41, 5.74) is 5.63. The van der Waals surface area contributed by atoms with Crippen molar-refractivity contribution in [3.05, 3.63) is 21.3 Å². The highest BCUT2D eigenvalue weighted by Gasteiger charge is 2.54. The highest BCUT2D eigenvalue weighted by molar-refractivity contribution is 8.00. The minimum atomic E-state index is -1.36. The lowest BCUT2D eigenvalue weighted by Crippen LogP contribution is -2.71. The molecule has 1 aromatic heterocycles. The number of nitrogens with two attached hydrogens (primary N) is 1. The molecule has 0 unspecified atom stereocenters. The lowest BCUT2D eigenvalue weighted by Gasteiger charge is -2.49. The summed E-state index contributed by atoms with van der Waals surface area (Å²) < 4.78 is 0.0173. The van der Waals surface area contributed by atoms with E-state index in [9.17, 15) is 29.4 Å². The van der Waals surface area contributed by atoms with Gasteiger partial charge in [0.25, 0.3) is 11.8 Å². The van der Waals surface area contributed by atoms with Gasteiger partial charge >= 0.3 is 11.9 Å². The highest BCUT2D eigenvalue weighted by atomic mass is 35.5. The van der Waals surface area contributed by atoms with Gasteiger partial charge in [0.15, 0.2) is 10.8 Å². The van der Waals surface area contributed by atoms with Gasteiger partial charge in [-0.15, -0.1) is 11.8 Å². The standard InChI is InChI=1S/C19H22ClN5O7S2/c1-4-7-5-33-16-10(15(27)25(16)11(7)17(28)29)22-14(26)9(8-13(20)34-19(21)23-8)24-32-12(6(2)3)18(30)31/h6,10,12,16H,4-5H2,1-3H3,(H2,21,23)(H,22,26)(H,28,29)(H,30,31)/b24-9-/t10-,12+,16-/m1/s1. The van der Waals surface area contributed by atoms with Crippen molar-refractivity contribution in [2.24, 2.45) is 11.1 Å². The Labute approximate surface area is 207 Å². The Morgan fingerprint density at radius 3 is 2.56 bits per heavy atom. The molecule has 1 saturated heterocycles. The Hall–Kier alpha value is -2.84. The first kappa shape index (κ1) is 25.8. The van der Waals surface area contributed by atoms with E-state index in [1.807, 2.05) is 0 Å². The van der Waals surface area contributed by atoms with Gasteiger partial charge in [-0.05, 0) is 12.0 Å². The van der Waals surface area contributed by atoms with Gasteiger partial charge in [-0.25, -0.2) is 14.6 Å². The van der Waals surface area contributed by atoms with Crippen molar-refractivity contribution in [3.63, 3.8) is 0 Å². The number of carboxylic acids is 2. The Balaban J connectivity index is 1.87. The minimum absolute atomic E-state index is 0.0173. The first-order valence-corrected chi connectivity index (χ1v) is 12.3. The molecule has 5 N–H and O–H groups in total. The molecule has 0 saturated carbocycles. The van der Waals surface area contributed by atoms with Crippen molar-refractivity contribution in [3.8, 4) is 0 Å². The van der Waals surface area contributed by atoms with Crippen molar-refractivity contribution in [2.75, 3.05) is 11.5 Å². The molecule has 0 spiro atoms. The quantitative estimate of drug-likeness (QED) is 0.206. The summed E-state index contributed by atoms with van der Waals surface area (Å²) >= 11 is 8.32. The highest BCUT2D eigenvalue weighted by Crippen LogP contribution is 2.41. The summed E-state index contributed by atoms with van der Waals surface area (Å²) in [4.78, 5) is 59.3. The van der Waals surface area contributed by atoms with E-state index >= 15 is 0 Å². The maximum Gasteiger partial charge on any atom is 0.352 e. The molecule has 15 heteroatoms. The average molecular weight is 532 g/mol. The number of oxime groups is 1. The van der Waals surface area contributed by atoms with Crippen LogP contribution in [0.5, 0.6) is 0 Å². The zero-order valence-corrected chi connectivity index (χ0v) is 20.7. The topological polar surface area (TPSA) is 185 Å². The molecule has 0 aliphatic carbocycles. The minimum Gasteiger partial charge on any atom is -0.478 e. The van der Waals surface area contributed by atoms with E-state index in [1.165, 1.54) is 11.8 Å². The number of nitrogen functional groups attached to an aromatic ring is 1. The number of carbonyl (C=O) groups is 4. The van der Waals surface area contributed by atoms with Crippen LogP contribution < -0.4 is 11.1 Å². The molecule has 2 amide bonds. The van der Waals surface area contributed by atoms with E-state index in [2.05, 4.69) is 15.5 Å². The SMILES string of the molecule is CCC1=C(C(=O)O)N2C(=O)[C@@H](NC(=O)/C(=N\O[C@H](C(=O)O)C(C)C)c3nc(N)sc3Cl)[C@H]2SC1. The van der Waals surface area contributed by atoms with Gasteiger partial charge < -0.3 is 26.1 Å². The third-order valence-corrected chi connectivity index (χ3v) is 7.53. The summed E-state index contributed by atoms with van der Waals surface area (Å²) in [5, 5.41) is 24.5.